The van der Waals surface area contributed by atoms with Gasteiger partial charge in [0.05, 0.1) is 18.1 Å². The molecule has 0 amide bonds. The summed E-state index contributed by atoms with van der Waals surface area (Å²) in [5, 5.41) is 30.0. The Kier molecular flexibility index (Phi) is 4.11. The van der Waals surface area contributed by atoms with E-state index in [1.54, 1.807) is 6.92 Å². The number of allylic oxidation sites excluding steroid dienone is 1. The molecule has 0 fully saturated rings. The first-order valence-electron chi connectivity index (χ1n) is 4.87. The van der Waals surface area contributed by atoms with Gasteiger partial charge in [-0.2, -0.15) is 0 Å². The van der Waals surface area contributed by atoms with E-state index in [4.69, 9.17) is 10.3 Å². The van der Waals surface area contributed by atoms with E-state index in [0.717, 1.165) is 18.0 Å². The highest BCUT2D eigenvalue weighted by Gasteiger charge is 2.50. The Hall–Kier alpha value is -1.57. The third-order valence-corrected chi connectivity index (χ3v) is 4.04. The zero-order valence-corrected chi connectivity index (χ0v) is 9.88. The highest BCUT2D eigenvalue weighted by Crippen LogP contribution is 2.49. The van der Waals surface area contributed by atoms with Crippen molar-refractivity contribution < 1.29 is 20.0 Å². The molecular formula is C9H12N2O5S. The van der Waals surface area contributed by atoms with Gasteiger partial charge in [-0.05, 0) is 18.2 Å². The second kappa shape index (κ2) is 5.17. The van der Waals surface area contributed by atoms with Crippen molar-refractivity contribution in [3.05, 3.63) is 21.1 Å². The smallest absolute Gasteiger partial charge is 0.304 e. The lowest BCUT2D eigenvalue weighted by molar-refractivity contribution is -0.510. The minimum absolute atomic E-state index is 0.315. The first-order valence-corrected chi connectivity index (χ1v) is 5.75. The van der Waals surface area contributed by atoms with E-state index >= 15 is 0 Å². The molecule has 0 spiro atoms. The fraction of sp³-hybridized carbons (Fsp3) is 0.556. The molecule has 2 N–H and O–H groups in total. The van der Waals surface area contributed by atoms with Crippen molar-refractivity contribution in [3.8, 4) is 0 Å². The van der Waals surface area contributed by atoms with E-state index in [0.29, 0.717) is 11.3 Å². The molecule has 1 aliphatic heterocycles. The number of hydrogen-bond acceptors (Lipinski definition) is 6. The predicted molar refractivity (Wildman–Crippen MR) is 61.7 cm³/mol. The standard InChI is InChI=1S/C9H12N2O5S/c1-2-9(4-7(12)13)3-6(5-10-14)17-8(9)11(15)16/h3,5,8,14H,2,4H2,1H3,(H,12,13). The molecule has 0 aromatic carbocycles. The van der Waals surface area contributed by atoms with E-state index in [9.17, 15) is 14.9 Å². The summed E-state index contributed by atoms with van der Waals surface area (Å²) in [6, 6.07) is 0. The Labute approximate surface area is 101 Å². The zero-order valence-electron chi connectivity index (χ0n) is 9.07. The van der Waals surface area contributed by atoms with Crippen LogP contribution in [0, 0.1) is 15.5 Å². The summed E-state index contributed by atoms with van der Waals surface area (Å²) >= 11 is 0.906. The van der Waals surface area contributed by atoms with Gasteiger partial charge in [-0.1, -0.05) is 18.2 Å². The molecular weight excluding hydrogens is 248 g/mol. The first kappa shape index (κ1) is 13.5. The van der Waals surface area contributed by atoms with Crippen LogP contribution in [-0.4, -0.2) is 32.8 Å². The minimum Gasteiger partial charge on any atom is -0.481 e. The topological polar surface area (TPSA) is 113 Å². The highest BCUT2D eigenvalue weighted by atomic mass is 32.2. The van der Waals surface area contributed by atoms with E-state index in [1.165, 1.54) is 6.08 Å². The van der Waals surface area contributed by atoms with Crippen LogP contribution in [0.1, 0.15) is 19.8 Å². The number of nitro groups is 1. The van der Waals surface area contributed by atoms with Crippen molar-refractivity contribution in [2.45, 2.75) is 25.1 Å². The van der Waals surface area contributed by atoms with E-state index in [2.05, 4.69) is 5.16 Å². The Morgan fingerprint density at radius 2 is 2.47 bits per heavy atom. The second-order valence-electron chi connectivity index (χ2n) is 3.70. The Morgan fingerprint density at radius 3 is 2.88 bits per heavy atom. The molecule has 17 heavy (non-hydrogen) atoms. The van der Waals surface area contributed by atoms with Gasteiger partial charge in [0.15, 0.2) is 0 Å². The van der Waals surface area contributed by atoms with Crippen LogP contribution in [0.5, 0.6) is 0 Å². The van der Waals surface area contributed by atoms with Gasteiger partial charge in [0.2, 0.25) is 0 Å². The Morgan fingerprint density at radius 1 is 1.82 bits per heavy atom. The molecule has 2 unspecified atom stereocenters. The van der Waals surface area contributed by atoms with Crippen molar-refractivity contribution in [3.63, 3.8) is 0 Å². The van der Waals surface area contributed by atoms with E-state index in [1.807, 2.05) is 0 Å². The molecule has 0 saturated heterocycles. The molecule has 1 heterocycles. The number of carboxylic acids is 1. The average molecular weight is 260 g/mol. The highest BCUT2D eigenvalue weighted by molar-refractivity contribution is 8.04. The van der Waals surface area contributed by atoms with Crippen LogP contribution < -0.4 is 0 Å². The summed E-state index contributed by atoms with van der Waals surface area (Å²) in [7, 11) is 0. The van der Waals surface area contributed by atoms with Gasteiger partial charge >= 0.3 is 5.97 Å². The number of carbonyl (C=O) groups is 1. The summed E-state index contributed by atoms with van der Waals surface area (Å²) in [5.74, 6) is -1.09. The molecule has 0 bridgehead atoms. The van der Waals surface area contributed by atoms with Crippen LogP contribution in [0.4, 0.5) is 0 Å². The number of rotatable bonds is 5. The van der Waals surface area contributed by atoms with Crippen molar-refractivity contribution in [2.24, 2.45) is 10.6 Å². The van der Waals surface area contributed by atoms with Crippen molar-refractivity contribution in [1.29, 1.82) is 0 Å². The quantitative estimate of drug-likeness (QED) is 0.335. The molecule has 7 nitrogen and oxygen atoms in total. The van der Waals surface area contributed by atoms with Gasteiger partial charge in [0.1, 0.15) is 0 Å². The maximum atomic E-state index is 11.0. The number of aliphatic carboxylic acids is 1. The monoisotopic (exact) mass is 260 g/mol. The van der Waals surface area contributed by atoms with Gasteiger partial charge in [0.25, 0.3) is 5.37 Å². The van der Waals surface area contributed by atoms with Crippen molar-refractivity contribution in [1.82, 2.24) is 0 Å². The van der Waals surface area contributed by atoms with Crippen LogP contribution in [0.3, 0.4) is 0 Å². The summed E-state index contributed by atoms with van der Waals surface area (Å²) in [6.45, 7) is 1.70. The molecule has 94 valence electrons. The molecule has 0 aromatic rings. The molecule has 1 aliphatic rings. The van der Waals surface area contributed by atoms with Crippen LogP contribution in [0.25, 0.3) is 0 Å². The average Bonchev–Trinajstić information content (AvgIpc) is 2.57. The normalized spacial score (nSPS) is 28.3. The van der Waals surface area contributed by atoms with Gasteiger partial charge in [0, 0.05) is 9.83 Å². The largest absolute Gasteiger partial charge is 0.481 e. The van der Waals surface area contributed by atoms with E-state index in [-0.39, 0.29) is 6.42 Å². The predicted octanol–water partition coefficient (Wildman–Crippen LogP) is 1.55. The fourth-order valence-electron chi connectivity index (χ4n) is 1.83. The fourth-order valence-corrected chi connectivity index (χ4v) is 3.14. The molecule has 0 aliphatic carbocycles. The van der Waals surface area contributed by atoms with Gasteiger partial charge < -0.3 is 10.3 Å². The van der Waals surface area contributed by atoms with Crippen LogP contribution in [0.2, 0.25) is 0 Å². The number of thioether (sulfide) groups is 1. The number of oxime groups is 1. The van der Waals surface area contributed by atoms with Crippen LogP contribution in [-0.2, 0) is 4.79 Å². The maximum Gasteiger partial charge on any atom is 0.304 e. The maximum absolute atomic E-state index is 11.0. The summed E-state index contributed by atoms with van der Waals surface area (Å²) in [5.41, 5.74) is -1.03. The molecule has 0 aromatic heterocycles. The molecule has 2 atom stereocenters. The van der Waals surface area contributed by atoms with Crippen LogP contribution >= 0.6 is 11.8 Å². The third-order valence-electron chi connectivity index (χ3n) is 2.68. The van der Waals surface area contributed by atoms with Crippen LogP contribution in [0.15, 0.2) is 16.1 Å². The molecule has 1 rings (SSSR count). The summed E-state index contributed by atoms with van der Waals surface area (Å²) in [4.78, 5) is 21.7. The second-order valence-corrected chi connectivity index (χ2v) is 4.86. The summed E-state index contributed by atoms with van der Waals surface area (Å²) < 4.78 is 0. The van der Waals surface area contributed by atoms with Crippen molar-refractivity contribution in [2.75, 3.05) is 0 Å². The third kappa shape index (κ3) is 2.76. The lowest BCUT2D eigenvalue weighted by Gasteiger charge is -2.24. The first-order chi connectivity index (χ1) is 7.95. The van der Waals surface area contributed by atoms with Gasteiger partial charge in [-0.25, -0.2) is 0 Å². The number of carboxylic acid groups (broad SMARTS) is 1. The summed E-state index contributed by atoms with van der Waals surface area (Å²) in [6.07, 6.45) is 2.62. The van der Waals surface area contributed by atoms with Gasteiger partial charge in [-0.3, -0.25) is 14.9 Å². The minimum atomic E-state index is -1.09. The molecule has 8 heteroatoms. The molecule has 0 saturated carbocycles. The number of nitrogens with zero attached hydrogens (tertiary/aromatic N) is 2. The molecule has 0 radical (unpaired) electrons. The number of hydrogen-bond donors (Lipinski definition) is 2. The Bertz CT molecular complexity index is 395. The van der Waals surface area contributed by atoms with E-state index < -0.39 is 21.7 Å². The SMILES string of the molecule is CCC1(CC(=O)O)C=C(C=NO)SC1[N+](=O)[O-]. The lowest BCUT2D eigenvalue weighted by Crippen LogP contribution is -2.35. The zero-order chi connectivity index (χ0) is 13.1. The van der Waals surface area contributed by atoms with Crippen molar-refractivity contribution >= 4 is 23.9 Å². The Balaban J connectivity index is 3.10. The lowest BCUT2D eigenvalue weighted by atomic mass is 9.81. The van der Waals surface area contributed by atoms with Gasteiger partial charge in [-0.15, -0.1) is 0 Å².